The molecule has 0 radical (unpaired) electrons. The molecular weight excluding hydrogens is 705 g/mol. The smallest absolute Gasteiger partial charge is 0.164 e. The Kier molecular flexibility index (Phi) is 8.36. The lowest BCUT2D eigenvalue weighted by Gasteiger charge is -2.57. The molecule has 4 aliphatic rings. The summed E-state index contributed by atoms with van der Waals surface area (Å²) < 4.78 is 0. The van der Waals surface area contributed by atoms with Crippen molar-refractivity contribution in [1.82, 2.24) is 15.0 Å². The summed E-state index contributed by atoms with van der Waals surface area (Å²) in [5, 5.41) is 11.7. The van der Waals surface area contributed by atoms with Gasteiger partial charge in [-0.15, -0.1) is 0 Å². The average molecular weight is 747 g/mol. The van der Waals surface area contributed by atoms with Gasteiger partial charge in [0, 0.05) is 16.7 Å². The molecule has 0 atom stereocenters. The predicted octanol–water partition coefficient (Wildman–Crippen LogP) is 13.4. The Bertz CT molecular complexity index is 2820. The van der Waals surface area contributed by atoms with E-state index in [9.17, 15) is 5.26 Å². The van der Waals surface area contributed by atoms with Gasteiger partial charge in [0.1, 0.15) is 0 Å². The fourth-order valence-corrected chi connectivity index (χ4v) is 10.9. The van der Waals surface area contributed by atoms with Crippen LogP contribution in [0, 0.1) is 29.1 Å². The number of nitrogens with zero attached hydrogens (tertiary/aromatic N) is 4. The van der Waals surface area contributed by atoms with Gasteiger partial charge in [0.2, 0.25) is 0 Å². The number of aromatic nitrogens is 3. The summed E-state index contributed by atoms with van der Waals surface area (Å²) >= 11 is 0. The quantitative estimate of drug-likeness (QED) is 0.163. The fourth-order valence-electron chi connectivity index (χ4n) is 10.9. The number of rotatable bonds is 7. The van der Waals surface area contributed by atoms with Gasteiger partial charge in [-0.25, -0.2) is 15.0 Å². The van der Waals surface area contributed by atoms with Crippen molar-refractivity contribution in [2.24, 2.45) is 17.8 Å². The molecule has 4 fully saturated rings. The molecule has 1 heterocycles. The van der Waals surface area contributed by atoms with Crippen molar-refractivity contribution in [3.05, 3.63) is 175 Å². The van der Waals surface area contributed by atoms with Gasteiger partial charge in [0.15, 0.2) is 17.5 Å². The average Bonchev–Trinajstić information content (AvgIpc) is 3.28. The predicted molar refractivity (Wildman–Crippen MR) is 235 cm³/mol. The van der Waals surface area contributed by atoms with Gasteiger partial charge < -0.3 is 0 Å². The molecule has 0 saturated heterocycles. The molecule has 4 aliphatic carbocycles. The van der Waals surface area contributed by atoms with Crippen molar-refractivity contribution in [2.75, 3.05) is 0 Å². The minimum absolute atomic E-state index is 0.327. The number of fused-ring (bicyclic) bond motifs is 1. The van der Waals surface area contributed by atoms with Crippen molar-refractivity contribution in [3.8, 4) is 73.6 Å². The zero-order chi connectivity index (χ0) is 38.6. The van der Waals surface area contributed by atoms with Crippen LogP contribution < -0.4 is 0 Å². The molecule has 7 aromatic carbocycles. The van der Waals surface area contributed by atoms with Crippen LogP contribution in [0.5, 0.6) is 0 Å². The summed E-state index contributed by atoms with van der Waals surface area (Å²) in [6, 6.07) is 59.9. The van der Waals surface area contributed by atoms with Crippen LogP contribution in [0.3, 0.4) is 0 Å². The summed E-state index contributed by atoms with van der Waals surface area (Å²) in [4.78, 5) is 15.8. The second kappa shape index (κ2) is 14.0. The van der Waals surface area contributed by atoms with Gasteiger partial charge in [-0.3, -0.25) is 0 Å². The van der Waals surface area contributed by atoms with Gasteiger partial charge >= 0.3 is 0 Å². The number of hydrogen-bond donors (Lipinski definition) is 0. The van der Waals surface area contributed by atoms with E-state index in [-0.39, 0.29) is 0 Å². The lowest BCUT2D eigenvalue weighted by atomic mass is 9.48. The van der Waals surface area contributed by atoms with E-state index < -0.39 is 0 Å². The molecule has 0 N–H and O–H groups in total. The number of nitriles is 1. The van der Waals surface area contributed by atoms with Crippen LogP contribution >= 0.6 is 0 Å². The van der Waals surface area contributed by atoms with E-state index in [1.54, 1.807) is 0 Å². The highest BCUT2D eigenvalue weighted by atomic mass is 15.0. The number of benzene rings is 7. The van der Waals surface area contributed by atoms with Gasteiger partial charge in [-0.05, 0) is 148 Å². The van der Waals surface area contributed by atoms with Crippen LogP contribution in [0.15, 0.2) is 164 Å². The maximum atomic E-state index is 9.43. The van der Waals surface area contributed by atoms with Gasteiger partial charge in [-0.2, -0.15) is 5.26 Å². The first-order valence-electron chi connectivity index (χ1n) is 20.7. The summed E-state index contributed by atoms with van der Waals surface area (Å²) in [7, 11) is 0. The molecular formula is C54H42N4. The molecule has 1 aromatic heterocycles. The Balaban J connectivity index is 1.05. The highest BCUT2D eigenvalue weighted by Gasteiger charge is 2.51. The SMILES string of the molecule is N#Cc1ccc(-c2ccc(-c3nc(-c4ccc(C56C[C@H]7C[C@H](C5)C[C@@H](C6)C7)cc4)nc(-c4ccc5ccc(-c6ccccc6)cc5c4)n3)c(-c3ccccc3)c2)cc1. The van der Waals surface area contributed by atoms with Crippen molar-refractivity contribution < 1.29 is 0 Å². The molecule has 278 valence electrons. The zero-order valence-electron chi connectivity index (χ0n) is 32.4. The maximum Gasteiger partial charge on any atom is 0.164 e. The second-order valence-corrected chi connectivity index (χ2v) is 17.0. The van der Waals surface area contributed by atoms with Crippen molar-refractivity contribution in [3.63, 3.8) is 0 Å². The molecule has 12 rings (SSSR count). The monoisotopic (exact) mass is 746 g/mol. The van der Waals surface area contributed by atoms with E-state index in [0.717, 1.165) is 62.1 Å². The summed E-state index contributed by atoms with van der Waals surface area (Å²) in [5.41, 5.74) is 11.9. The van der Waals surface area contributed by atoms with Crippen LogP contribution in [-0.2, 0) is 5.41 Å². The van der Waals surface area contributed by atoms with Crippen LogP contribution in [0.4, 0.5) is 0 Å². The van der Waals surface area contributed by atoms with E-state index in [4.69, 9.17) is 15.0 Å². The molecule has 0 unspecified atom stereocenters. The maximum absolute atomic E-state index is 9.43. The Morgan fingerprint density at radius 3 is 1.57 bits per heavy atom. The van der Waals surface area contributed by atoms with Gasteiger partial charge in [0.05, 0.1) is 11.6 Å². The fraction of sp³-hybridized carbons (Fsp3) is 0.185. The highest BCUT2D eigenvalue weighted by molar-refractivity contribution is 5.91. The first-order chi connectivity index (χ1) is 28.6. The Morgan fingerprint density at radius 2 is 0.914 bits per heavy atom. The Hall–Kier alpha value is -6.70. The van der Waals surface area contributed by atoms with Crippen LogP contribution in [0.2, 0.25) is 0 Å². The summed E-state index contributed by atoms with van der Waals surface area (Å²) in [6.07, 6.45) is 8.34. The molecule has 4 bridgehead atoms. The summed E-state index contributed by atoms with van der Waals surface area (Å²) in [6.45, 7) is 0. The van der Waals surface area contributed by atoms with E-state index in [1.165, 1.54) is 60.6 Å². The van der Waals surface area contributed by atoms with Crippen molar-refractivity contribution in [2.45, 2.75) is 43.9 Å². The van der Waals surface area contributed by atoms with E-state index >= 15 is 0 Å². The normalized spacial score (nSPS) is 20.6. The molecule has 4 saturated carbocycles. The Morgan fingerprint density at radius 1 is 0.414 bits per heavy atom. The minimum atomic E-state index is 0.327. The lowest BCUT2D eigenvalue weighted by molar-refractivity contribution is -0.00518. The number of hydrogen-bond acceptors (Lipinski definition) is 4. The van der Waals surface area contributed by atoms with Crippen LogP contribution in [0.25, 0.3) is 78.3 Å². The molecule has 58 heavy (non-hydrogen) atoms. The standard InChI is InChI=1S/C54H42N4/c55-34-35-11-13-40(14-12-35)45-21-24-49(50(30-45)42-9-5-2-6-10-42)53-57-51(43-19-22-48(23-20-43)54-31-36-25-37(32-54)27-38(26-36)33-54)56-52(58-53)46-18-16-41-15-17-44(28-47(41)29-46)39-7-3-1-4-8-39/h1-24,28-30,36-38H,25-27,31-33H2/t36-,37-,38-,54?. The third kappa shape index (κ3) is 6.28. The minimum Gasteiger partial charge on any atom is -0.208 e. The first kappa shape index (κ1) is 34.5. The molecule has 0 aliphatic heterocycles. The van der Waals surface area contributed by atoms with E-state index in [1.807, 2.05) is 30.3 Å². The zero-order valence-corrected chi connectivity index (χ0v) is 32.4. The topological polar surface area (TPSA) is 62.5 Å². The molecule has 0 amide bonds. The summed E-state index contributed by atoms with van der Waals surface area (Å²) in [5.74, 6) is 4.64. The van der Waals surface area contributed by atoms with Crippen LogP contribution in [-0.4, -0.2) is 15.0 Å². The van der Waals surface area contributed by atoms with Crippen molar-refractivity contribution >= 4 is 10.8 Å². The Labute approximate surface area is 340 Å². The van der Waals surface area contributed by atoms with Gasteiger partial charge in [0.25, 0.3) is 0 Å². The first-order valence-corrected chi connectivity index (χ1v) is 20.7. The lowest BCUT2D eigenvalue weighted by Crippen LogP contribution is -2.48. The van der Waals surface area contributed by atoms with Crippen molar-refractivity contribution in [1.29, 1.82) is 5.26 Å². The van der Waals surface area contributed by atoms with Gasteiger partial charge in [-0.1, -0.05) is 127 Å². The van der Waals surface area contributed by atoms with Crippen LogP contribution in [0.1, 0.15) is 49.7 Å². The molecule has 0 spiro atoms. The molecule has 8 aromatic rings. The third-order valence-electron chi connectivity index (χ3n) is 13.3. The molecule has 4 nitrogen and oxygen atoms in total. The molecule has 4 heteroatoms. The second-order valence-electron chi connectivity index (χ2n) is 17.0. The van der Waals surface area contributed by atoms with E-state index in [2.05, 4.69) is 140 Å². The highest BCUT2D eigenvalue weighted by Crippen LogP contribution is 2.60. The largest absolute Gasteiger partial charge is 0.208 e. The van der Waals surface area contributed by atoms with E-state index in [0.29, 0.717) is 28.5 Å². The third-order valence-corrected chi connectivity index (χ3v) is 13.3.